The van der Waals surface area contributed by atoms with E-state index in [9.17, 15) is 4.79 Å². The van der Waals surface area contributed by atoms with Crippen molar-refractivity contribution in [2.45, 2.75) is 86.0 Å². The standard InChI is InChI=1S/C17H32N2O/c1-8-10-12-18-13(11(3)9-2)14(20)19(12)15-16(4,5)17(15,6)7/h11-13,15,18H,8-10H2,1-7H3. The fraction of sp³-hybridized carbons (Fsp3) is 0.941. The van der Waals surface area contributed by atoms with Crippen LogP contribution in [0.25, 0.3) is 0 Å². The molecule has 2 fully saturated rings. The van der Waals surface area contributed by atoms with Crippen molar-refractivity contribution in [2.24, 2.45) is 16.7 Å². The van der Waals surface area contributed by atoms with Gasteiger partial charge in [-0.2, -0.15) is 0 Å². The number of rotatable bonds is 5. The van der Waals surface area contributed by atoms with E-state index in [-0.39, 0.29) is 23.0 Å². The van der Waals surface area contributed by atoms with Gasteiger partial charge < -0.3 is 4.90 Å². The zero-order valence-corrected chi connectivity index (χ0v) is 14.3. The van der Waals surface area contributed by atoms with Gasteiger partial charge in [0.25, 0.3) is 0 Å². The molecular formula is C17H32N2O. The third kappa shape index (κ3) is 2.09. The Kier molecular flexibility index (Phi) is 3.96. The monoisotopic (exact) mass is 280 g/mol. The molecule has 1 aliphatic carbocycles. The SMILES string of the molecule is CCCC1NC(C(C)CC)C(=O)N1C1C(C)(C)C1(C)C. The van der Waals surface area contributed by atoms with E-state index in [1.807, 2.05) is 0 Å². The van der Waals surface area contributed by atoms with Crippen molar-refractivity contribution in [3.05, 3.63) is 0 Å². The van der Waals surface area contributed by atoms with Crippen LogP contribution in [0, 0.1) is 16.7 Å². The van der Waals surface area contributed by atoms with E-state index in [4.69, 9.17) is 0 Å². The van der Waals surface area contributed by atoms with Crippen LogP contribution in [0.5, 0.6) is 0 Å². The second-order valence-electron chi connectivity index (χ2n) is 7.93. The largest absolute Gasteiger partial charge is 0.322 e. The predicted molar refractivity (Wildman–Crippen MR) is 83.3 cm³/mol. The minimum atomic E-state index is 0.0174. The van der Waals surface area contributed by atoms with Crippen molar-refractivity contribution in [3.8, 4) is 0 Å². The molecule has 0 radical (unpaired) electrons. The second kappa shape index (κ2) is 5.01. The summed E-state index contributed by atoms with van der Waals surface area (Å²) in [6, 6.07) is 0.393. The van der Waals surface area contributed by atoms with Crippen LogP contribution in [0.4, 0.5) is 0 Å². The summed E-state index contributed by atoms with van der Waals surface area (Å²) in [4.78, 5) is 15.1. The fourth-order valence-corrected chi connectivity index (χ4v) is 3.98. The molecule has 0 bridgehead atoms. The Morgan fingerprint density at radius 3 is 2.15 bits per heavy atom. The van der Waals surface area contributed by atoms with Gasteiger partial charge in [-0.1, -0.05) is 61.3 Å². The Morgan fingerprint density at radius 2 is 1.75 bits per heavy atom. The molecular weight excluding hydrogens is 248 g/mol. The molecule has 1 N–H and O–H groups in total. The molecule has 1 saturated heterocycles. The van der Waals surface area contributed by atoms with Crippen LogP contribution >= 0.6 is 0 Å². The first-order valence-electron chi connectivity index (χ1n) is 8.28. The zero-order valence-electron chi connectivity index (χ0n) is 14.3. The van der Waals surface area contributed by atoms with Crippen LogP contribution in [0.3, 0.4) is 0 Å². The molecule has 1 heterocycles. The lowest BCUT2D eigenvalue weighted by atomic mass is 9.99. The number of nitrogens with zero attached hydrogens (tertiary/aromatic N) is 1. The maximum absolute atomic E-state index is 12.9. The first-order valence-corrected chi connectivity index (χ1v) is 8.28. The van der Waals surface area contributed by atoms with Crippen molar-refractivity contribution < 1.29 is 4.79 Å². The lowest BCUT2D eigenvalue weighted by molar-refractivity contribution is -0.132. The molecule has 0 aromatic rings. The number of hydrogen-bond acceptors (Lipinski definition) is 2. The highest BCUT2D eigenvalue weighted by Crippen LogP contribution is 2.66. The van der Waals surface area contributed by atoms with Gasteiger partial charge in [-0.15, -0.1) is 0 Å². The van der Waals surface area contributed by atoms with Gasteiger partial charge in [0.2, 0.25) is 5.91 Å². The van der Waals surface area contributed by atoms with E-state index in [2.05, 4.69) is 58.7 Å². The van der Waals surface area contributed by atoms with Gasteiger partial charge in [0.05, 0.1) is 12.2 Å². The average molecular weight is 280 g/mol. The molecule has 3 atom stereocenters. The van der Waals surface area contributed by atoms with E-state index in [0.29, 0.717) is 17.9 Å². The van der Waals surface area contributed by atoms with E-state index in [0.717, 1.165) is 19.3 Å². The summed E-state index contributed by atoms with van der Waals surface area (Å²) in [5, 5.41) is 3.62. The fourth-order valence-electron chi connectivity index (χ4n) is 3.98. The summed E-state index contributed by atoms with van der Waals surface area (Å²) in [7, 11) is 0. The molecule has 1 aliphatic heterocycles. The maximum atomic E-state index is 12.9. The molecule has 20 heavy (non-hydrogen) atoms. The quantitative estimate of drug-likeness (QED) is 0.837. The van der Waals surface area contributed by atoms with Gasteiger partial charge >= 0.3 is 0 Å². The highest BCUT2D eigenvalue weighted by atomic mass is 16.2. The van der Waals surface area contributed by atoms with E-state index < -0.39 is 0 Å². The molecule has 2 aliphatic rings. The summed E-state index contributed by atoms with van der Waals surface area (Å²) >= 11 is 0. The highest BCUT2D eigenvalue weighted by Gasteiger charge is 2.70. The van der Waals surface area contributed by atoms with E-state index >= 15 is 0 Å². The highest BCUT2D eigenvalue weighted by molar-refractivity contribution is 5.85. The molecule has 3 nitrogen and oxygen atoms in total. The number of carbonyl (C=O) groups is 1. The first-order chi connectivity index (χ1) is 9.20. The average Bonchev–Trinajstić information content (AvgIpc) is 2.64. The summed E-state index contributed by atoms with van der Waals surface area (Å²) in [5.41, 5.74) is 0.446. The van der Waals surface area contributed by atoms with Crippen LogP contribution in [0.15, 0.2) is 0 Å². The minimum absolute atomic E-state index is 0.0174. The number of amides is 1. The van der Waals surface area contributed by atoms with Crippen molar-refractivity contribution in [1.82, 2.24) is 10.2 Å². The van der Waals surface area contributed by atoms with Crippen molar-refractivity contribution in [1.29, 1.82) is 0 Å². The molecule has 3 heteroatoms. The van der Waals surface area contributed by atoms with Gasteiger partial charge in [-0.25, -0.2) is 0 Å². The van der Waals surface area contributed by atoms with Gasteiger partial charge in [0.15, 0.2) is 0 Å². The van der Waals surface area contributed by atoms with Gasteiger partial charge in [0, 0.05) is 6.04 Å². The molecule has 116 valence electrons. The van der Waals surface area contributed by atoms with E-state index in [1.54, 1.807) is 0 Å². The predicted octanol–water partition coefficient (Wildman–Crippen LogP) is 3.39. The molecule has 3 unspecified atom stereocenters. The summed E-state index contributed by atoms with van der Waals surface area (Å²) in [6.45, 7) is 15.7. The van der Waals surface area contributed by atoms with Crippen LogP contribution in [0.2, 0.25) is 0 Å². The Labute approximate surface area is 124 Å². The Morgan fingerprint density at radius 1 is 1.20 bits per heavy atom. The smallest absolute Gasteiger partial charge is 0.241 e. The van der Waals surface area contributed by atoms with Crippen molar-refractivity contribution in [2.75, 3.05) is 0 Å². The summed E-state index contributed by atoms with van der Waals surface area (Å²) in [6.07, 6.45) is 3.45. The van der Waals surface area contributed by atoms with Gasteiger partial charge in [-0.3, -0.25) is 10.1 Å². The van der Waals surface area contributed by atoms with Gasteiger partial charge in [-0.05, 0) is 23.2 Å². The maximum Gasteiger partial charge on any atom is 0.241 e. The molecule has 0 spiro atoms. The molecule has 1 amide bonds. The third-order valence-corrected chi connectivity index (χ3v) is 6.23. The molecule has 0 aromatic heterocycles. The van der Waals surface area contributed by atoms with Crippen LogP contribution < -0.4 is 5.32 Å². The Bertz CT molecular complexity index is 374. The van der Waals surface area contributed by atoms with Crippen LogP contribution in [-0.4, -0.2) is 29.1 Å². The normalized spacial score (nSPS) is 33.5. The number of hydrogen-bond donors (Lipinski definition) is 1. The third-order valence-electron chi connectivity index (χ3n) is 6.23. The Balaban J connectivity index is 2.24. The summed E-state index contributed by atoms with van der Waals surface area (Å²) in [5.74, 6) is 0.748. The van der Waals surface area contributed by atoms with Gasteiger partial charge in [0.1, 0.15) is 0 Å². The minimum Gasteiger partial charge on any atom is -0.322 e. The molecule has 2 rings (SSSR count). The first kappa shape index (κ1) is 15.8. The van der Waals surface area contributed by atoms with E-state index in [1.165, 1.54) is 0 Å². The van der Waals surface area contributed by atoms with Crippen LogP contribution in [0.1, 0.15) is 67.7 Å². The lowest BCUT2D eigenvalue weighted by Crippen LogP contribution is -2.41. The Hall–Kier alpha value is -0.570. The lowest BCUT2D eigenvalue weighted by Gasteiger charge is -2.26. The molecule has 1 saturated carbocycles. The zero-order chi connectivity index (χ0) is 15.3. The molecule has 0 aromatic carbocycles. The van der Waals surface area contributed by atoms with Crippen molar-refractivity contribution >= 4 is 5.91 Å². The topological polar surface area (TPSA) is 32.3 Å². The second-order valence-corrected chi connectivity index (χ2v) is 7.93. The summed E-state index contributed by atoms with van der Waals surface area (Å²) < 4.78 is 0. The number of carbonyl (C=O) groups excluding carboxylic acids is 1. The number of nitrogens with one attached hydrogen (secondary N) is 1. The van der Waals surface area contributed by atoms with Crippen LogP contribution in [-0.2, 0) is 4.79 Å². The van der Waals surface area contributed by atoms with Crippen molar-refractivity contribution in [3.63, 3.8) is 0 Å².